The number of hydrogen-bond donors (Lipinski definition) is 2. The van der Waals surface area contributed by atoms with Gasteiger partial charge in [-0.2, -0.15) is 5.26 Å². The van der Waals surface area contributed by atoms with Crippen molar-refractivity contribution in [1.29, 1.82) is 5.26 Å². The average molecular weight is 256 g/mol. The molecule has 0 amide bonds. The lowest BCUT2D eigenvalue weighted by Crippen LogP contribution is -2.14. The van der Waals surface area contributed by atoms with E-state index < -0.39 is 5.97 Å². The Bertz CT molecular complexity index is 400. The number of halogens is 1. The van der Waals surface area contributed by atoms with Gasteiger partial charge >= 0.3 is 5.97 Å². The van der Waals surface area contributed by atoms with Gasteiger partial charge in [0.05, 0.1) is 5.56 Å². The molecule has 0 aromatic carbocycles. The molecule has 1 rings (SSSR count). The van der Waals surface area contributed by atoms with E-state index in [1.807, 2.05) is 6.07 Å². The van der Waals surface area contributed by atoms with Crippen LogP contribution in [0, 0.1) is 11.3 Å². The third-order valence-corrected chi connectivity index (χ3v) is 1.82. The number of aromatic nitrogens is 1. The van der Waals surface area contributed by atoms with Crippen molar-refractivity contribution in [3.05, 3.63) is 22.3 Å². The summed E-state index contributed by atoms with van der Waals surface area (Å²) >= 11 is 3.16. The average Bonchev–Trinajstić information content (AvgIpc) is 2.15. The van der Waals surface area contributed by atoms with Crippen molar-refractivity contribution in [2.45, 2.75) is 0 Å². The summed E-state index contributed by atoms with van der Waals surface area (Å²) in [5.41, 5.74) is 0.306. The first-order valence-electron chi connectivity index (χ1n) is 3.65. The third-order valence-electron chi connectivity index (χ3n) is 1.38. The lowest BCUT2D eigenvalue weighted by atomic mass is 10.3. The van der Waals surface area contributed by atoms with Crippen LogP contribution in [0.4, 0.5) is 5.82 Å². The van der Waals surface area contributed by atoms with Crippen LogP contribution in [0.25, 0.3) is 0 Å². The van der Waals surface area contributed by atoms with Crippen LogP contribution in [0.2, 0.25) is 0 Å². The zero-order valence-electron chi connectivity index (χ0n) is 6.99. The summed E-state index contributed by atoms with van der Waals surface area (Å²) in [6, 6.07) is 3.48. The molecule has 1 heterocycles. The second-order valence-corrected chi connectivity index (χ2v) is 3.32. The molecule has 0 saturated heterocycles. The van der Waals surface area contributed by atoms with Gasteiger partial charge in [0.2, 0.25) is 0 Å². The highest BCUT2D eigenvalue weighted by Crippen LogP contribution is 2.16. The number of carboxylic acid groups (broad SMARTS) is 1. The second kappa shape index (κ2) is 4.58. The summed E-state index contributed by atoms with van der Waals surface area (Å²) in [6.07, 6.45) is 1.49. The Morgan fingerprint density at radius 2 is 2.50 bits per heavy atom. The third kappa shape index (κ3) is 2.71. The van der Waals surface area contributed by atoms with Gasteiger partial charge in [-0.1, -0.05) is 0 Å². The molecule has 0 unspecified atom stereocenters. The van der Waals surface area contributed by atoms with Gasteiger partial charge in [-0.3, -0.25) is 4.79 Å². The van der Waals surface area contributed by atoms with Crippen molar-refractivity contribution < 1.29 is 9.90 Å². The molecule has 5 nitrogen and oxygen atoms in total. The fraction of sp³-hybridized carbons (Fsp3) is 0.125. The van der Waals surface area contributed by atoms with Gasteiger partial charge in [0, 0.05) is 10.7 Å². The number of nitrogens with one attached hydrogen (secondary N) is 1. The smallest absolute Gasteiger partial charge is 0.322 e. The molecule has 0 aliphatic carbocycles. The summed E-state index contributed by atoms with van der Waals surface area (Å²) in [7, 11) is 0. The standard InChI is InChI=1S/C8H6BrN3O2/c9-6-1-5(2-10)8(11-3-6)12-4-7(13)14/h1,3H,4H2,(H,11,12)(H,13,14). The minimum atomic E-state index is -1.00. The van der Waals surface area contributed by atoms with Crippen molar-refractivity contribution in [3.63, 3.8) is 0 Å². The first kappa shape index (κ1) is 10.5. The van der Waals surface area contributed by atoms with Crippen molar-refractivity contribution in [2.75, 3.05) is 11.9 Å². The van der Waals surface area contributed by atoms with Gasteiger partial charge in [0.1, 0.15) is 18.4 Å². The van der Waals surface area contributed by atoms with Crippen molar-refractivity contribution in [3.8, 4) is 6.07 Å². The fourth-order valence-corrected chi connectivity index (χ4v) is 1.16. The number of nitriles is 1. The number of pyridine rings is 1. The van der Waals surface area contributed by atoms with Crippen molar-refractivity contribution in [1.82, 2.24) is 4.98 Å². The Labute approximate surface area is 88.5 Å². The predicted molar refractivity (Wildman–Crippen MR) is 52.8 cm³/mol. The van der Waals surface area contributed by atoms with Crippen LogP contribution in [-0.2, 0) is 4.79 Å². The summed E-state index contributed by atoms with van der Waals surface area (Å²) in [5.74, 6) is -0.725. The van der Waals surface area contributed by atoms with E-state index in [2.05, 4.69) is 26.2 Å². The van der Waals surface area contributed by atoms with Crippen LogP contribution in [0.3, 0.4) is 0 Å². The molecule has 14 heavy (non-hydrogen) atoms. The van der Waals surface area contributed by atoms with E-state index in [4.69, 9.17) is 10.4 Å². The van der Waals surface area contributed by atoms with Crippen LogP contribution in [-0.4, -0.2) is 22.6 Å². The maximum absolute atomic E-state index is 10.3. The highest BCUT2D eigenvalue weighted by atomic mass is 79.9. The van der Waals surface area contributed by atoms with Crippen LogP contribution in [0.15, 0.2) is 16.7 Å². The highest BCUT2D eigenvalue weighted by Gasteiger charge is 2.05. The molecule has 0 atom stereocenters. The molecule has 2 N–H and O–H groups in total. The first-order valence-corrected chi connectivity index (χ1v) is 4.44. The number of hydrogen-bond acceptors (Lipinski definition) is 4. The quantitative estimate of drug-likeness (QED) is 0.848. The normalized spacial score (nSPS) is 9.14. The predicted octanol–water partition coefficient (Wildman–Crippen LogP) is 1.21. The Kier molecular flexibility index (Phi) is 3.42. The number of carbonyl (C=O) groups is 1. The van der Waals surface area contributed by atoms with E-state index in [1.165, 1.54) is 6.20 Å². The van der Waals surface area contributed by atoms with Gasteiger partial charge < -0.3 is 10.4 Å². The molecular weight excluding hydrogens is 250 g/mol. The van der Waals surface area contributed by atoms with Gasteiger partial charge in [-0.25, -0.2) is 4.98 Å². The molecule has 6 heteroatoms. The number of carboxylic acids is 1. The molecular formula is C8H6BrN3O2. The lowest BCUT2D eigenvalue weighted by Gasteiger charge is -2.03. The van der Waals surface area contributed by atoms with E-state index in [0.29, 0.717) is 10.0 Å². The minimum absolute atomic E-state index is 0.261. The number of anilines is 1. The molecule has 0 radical (unpaired) electrons. The fourth-order valence-electron chi connectivity index (χ4n) is 0.825. The molecule has 0 spiro atoms. The summed E-state index contributed by atoms with van der Waals surface area (Å²) in [4.78, 5) is 14.1. The number of nitrogens with zero attached hydrogens (tertiary/aromatic N) is 2. The Morgan fingerprint density at radius 1 is 1.79 bits per heavy atom. The van der Waals surface area contributed by atoms with E-state index in [1.54, 1.807) is 6.07 Å². The van der Waals surface area contributed by atoms with Crippen LogP contribution in [0.1, 0.15) is 5.56 Å². The van der Waals surface area contributed by atoms with Gasteiger partial charge in [0.15, 0.2) is 0 Å². The maximum Gasteiger partial charge on any atom is 0.322 e. The summed E-state index contributed by atoms with van der Waals surface area (Å²) < 4.78 is 0.676. The van der Waals surface area contributed by atoms with E-state index in [0.717, 1.165) is 0 Å². The molecule has 1 aromatic rings. The minimum Gasteiger partial charge on any atom is -0.480 e. The molecule has 0 fully saturated rings. The van der Waals surface area contributed by atoms with Gasteiger partial charge in [-0.05, 0) is 22.0 Å². The first-order chi connectivity index (χ1) is 6.63. The number of rotatable bonds is 3. The van der Waals surface area contributed by atoms with Crippen molar-refractivity contribution >= 4 is 27.7 Å². The molecule has 0 saturated carbocycles. The van der Waals surface area contributed by atoms with Crippen LogP contribution >= 0.6 is 15.9 Å². The van der Waals surface area contributed by atoms with E-state index in [-0.39, 0.29) is 12.4 Å². The Balaban J connectivity index is 2.87. The second-order valence-electron chi connectivity index (χ2n) is 2.41. The summed E-state index contributed by atoms with van der Waals surface area (Å²) in [6.45, 7) is -0.261. The molecule has 1 aromatic heterocycles. The van der Waals surface area contributed by atoms with Crippen molar-refractivity contribution in [2.24, 2.45) is 0 Å². The Hall–Kier alpha value is -1.61. The summed E-state index contributed by atoms with van der Waals surface area (Å²) in [5, 5.41) is 19.7. The zero-order valence-corrected chi connectivity index (χ0v) is 8.58. The Morgan fingerprint density at radius 3 is 3.07 bits per heavy atom. The highest BCUT2D eigenvalue weighted by molar-refractivity contribution is 9.10. The number of aliphatic carboxylic acids is 1. The zero-order chi connectivity index (χ0) is 10.6. The monoisotopic (exact) mass is 255 g/mol. The van der Waals surface area contributed by atoms with Crippen LogP contribution in [0.5, 0.6) is 0 Å². The van der Waals surface area contributed by atoms with Gasteiger partial charge in [-0.15, -0.1) is 0 Å². The molecule has 0 aliphatic rings. The molecule has 72 valence electrons. The van der Waals surface area contributed by atoms with E-state index >= 15 is 0 Å². The molecule has 0 bridgehead atoms. The maximum atomic E-state index is 10.3. The largest absolute Gasteiger partial charge is 0.480 e. The van der Waals surface area contributed by atoms with Gasteiger partial charge in [0.25, 0.3) is 0 Å². The SMILES string of the molecule is N#Cc1cc(Br)cnc1NCC(=O)O. The lowest BCUT2D eigenvalue weighted by molar-refractivity contribution is -0.134. The van der Waals surface area contributed by atoms with Crippen LogP contribution < -0.4 is 5.32 Å². The van der Waals surface area contributed by atoms with E-state index in [9.17, 15) is 4.79 Å². The molecule has 0 aliphatic heterocycles. The topological polar surface area (TPSA) is 86.0 Å².